The van der Waals surface area contributed by atoms with Crippen LogP contribution in [0.25, 0.3) is 0 Å². The van der Waals surface area contributed by atoms with Crippen LogP contribution in [0, 0.1) is 17.2 Å². The van der Waals surface area contributed by atoms with E-state index in [1.165, 1.54) is 0 Å². The van der Waals surface area contributed by atoms with Gasteiger partial charge in [-0.25, -0.2) is 0 Å². The highest BCUT2D eigenvalue weighted by Crippen LogP contribution is 2.26. The minimum Gasteiger partial charge on any atom is -0.393 e. The molecule has 1 saturated carbocycles. The van der Waals surface area contributed by atoms with Gasteiger partial charge in [0.05, 0.1) is 12.2 Å². The van der Waals surface area contributed by atoms with Crippen LogP contribution in [0.2, 0.25) is 0 Å². The molecule has 1 aromatic rings. The first-order chi connectivity index (χ1) is 8.70. The van der Waals surface area contributed by atoms with Crippen LogP contribution in [0.1, 0.15) is 24.3 Å². The summed E-state index contributed by atoms with van der Waals surface area (Å²) in [6, 6.07) is 11.1. The Labute approximate surface area is 106 Å². The Morgan fingerprint density at radius 2 is 2.11 bits per heavy atom. The van der Waals surface area contributed by atoms with E-state index in [1.54, 1.807) is 12.1 Å². The molecule has 0 heterocycles. The van der Waals surface area contributed by atoms with Crippen LogP contribution in [0.4, 0.5) is 0 Å². The lowest BCUT2D eigenvalue weighted by molar-refractivity contribution is -0.122. The number of nitrogens with one attached hydrogen (secondary N) is 1. The quantitative estimate of drug-likeness (QED) is 0.835. The second kappa shape index (κ2) is 5.65. The summed E-state index contributed by atoms with van der Waals surface area (Å²) < 4.78 is 0. The molecule has 2 rings (SSSR count). The first-order valence-corrected chi connectivity index (χ1v) is 6.11. The van der Waals surface area contributed by atoms with Crippen LogP contribution in [0.5, 0.6) is 0 Å². The zero-order valence-electron chi connectivity index (χ0n) is 10.0. The number of carbonyl (C=O) groups is 1. The standard InChI is InChI=1S/C14H16N2O2/c15-8-13(11-4-2-1-3-5-11)14(18)16-9-10-6-12(17)7-10/h1-5,10,12-13,17H,6-7,9H2,(H,16,18). The van der Waals surface area contributed by atoms with Crippen molar-refractivity contribution in [3.05, 3.63) is 35.9 Å². The molecule has 18 heavy (non-hydrogen) atoms. The number of aliphatic hydroxyl groups excluding tert-OH is 1. The summed E-state index contributed by atoms with van der Waals surface area (Å²) in [6.45, 7) is 0.543. The van der Waals surface area contributed by atoms with Gasteiger partial charge in [-0.15, -0.1) is 0 Å². The van der Waals surface area contributed by atoms with E-state index in [4.69, 9.17) is 10.4 Å². The number of benzene rings is 1. The highest BCUT2D eigenvalue weighted by molar-refractivity contribution is 5.86. The minimum atomic E-state index is -0.754. The molecule has 0 radical (unpaired) electrons. The summed E-state index contributed by atoms with van der Waals surface area (Å²) in [5, 5.41) is 21.0. The second-order valence-corrected chi connectivity index (χ2v) is 4.71. The third-order valence-corrected chi connectivity index (χ3v) is 3.30. The van der Waals surface area contributed by atoms with Gasteiger partial charge in [0.2, 0.25) is 5.91 Å². The Bertz CT molecular complexity index is 447. The van der Waals surface area contributed by atoms with Gasteiger partial charge < -0.3 is 10.4 Å². The maximum absolute atomic E-state index is 11.9. The van der Waals surface area contributed by atoms with Crippen molar-refractivity contribution in [3.63, 3.8) is 0 Å². The summed E-state index contributed by atoms with van der Waals surface area (Å²) >= 11 is 0. The summed E-state index contributed by atoms with van der Waals surface area (Å²) in [5.41, 5.74) is 0.714. The Morgan fingerprint density at radius 3 is 2.67 bits per heavy atom. The molecule has 1 aromatic carbocycles. The van der Waals surface area contributed by atoms with E-state index < -0.39 is 5.92 Å². The Kier molecular flexibility index (Phi) is 3.96. The molecule has 1 fully saturated rings. The molecule has 0 bridgehead atoms. The number of aliphatic hydroxyl groups is 1. The van der Waals surface area contributed by atoms with E-state index in [1.807, 2.05) is 24.3 Å². The summed E-state index contributed by atoms with van der Waals surface area (Å²) in [5.74, 6) is -0.666. The van der Waals surface area contributed by atoms with E-state index in [2.05, 4.69) is 5.32 Å². The highest BCUT2D eigenvalue weighted by atomic mass is 16.3. The molecule has 0 spiro atoms. The third-order valence-electron chi connectivity index (χ3n) is 3.30. The number of carbonyl (C=O) groups excluding carboxylic acids is 1. The second-order valence-electron chi connectivity index (χ2n) is 4.71. The number of nitrogens with zero attached hydrogens (tertiary/aromatic N) is 1. The third kappa shape index (κ3) is 2.88. The van der Waals surface area contributed by atoms with Gasteiger partial charge in [0, 0.05) is 6.54 Å². The van der Waals surface area contributed by atoms with Gasteiger partial charge in [-0.2, -0.15) is 5.26 Å². The van der Waals surface area contributed by atoms with Crippen molar-refractivity contribution < 1.29 is 9.90 Å². The zero-order valence-corrected chi connectivity index (χ0v) is 10.0. The van der Waals surface area contributed by atoms with Gasteiger partial charge >= 0.3 is 0 Å². The van der Waals surface area contributed by atoms with Gasteiger partial charge in [-0.3, -0.25) is 4.79 Å². The molecule has 0 saturated heterocycles. The first kappa shape index (κ1) is 12.6. The maximum atomic E-state index is 11.9. The topological polar surface area (TPSA) is 73.1 Å². The fraction of sp³-hybridized carbons (Fsp3) is 0.429. The van der Waals surface area contributed by atoms with Crippen LogP contribution < -0.4 is 5.32 Å². The van der Waals surface area contributed by atoms with E-state index in [-0.39, 0.29) is 12.0 Å². The molecule has 0 aliphatic heterocycles. The average Bonchev–Trinajstić information content (AvgIpc) is 2.35. The van der Waals surface area contributed by atoms with Gasteiger partial charge in [-0.1, -0.05) is 30.3 Å². The van der Waals surface area contributed by atoms with E-state index in [0.717, 1.165) is 12.8 Å². The van der Waals surface area contributed by atoms with Gasteiger partial charge in [-0.05, 0) is 24.3 Å². The Balaban J connectivity index is 1.89. The highest BCUT2D eigenvalue weighted by Gasteiger charge is 2.28. The fourth-order valence-electron chi connectivity index (χ4n) is 2.14. The summed E-state index contributed by atoms with van der Waals surface area (Å²) in [6.07, 6.45) is 1.26. The van der Waals surface area contributed by atoms with E-state index in [0.29, 0.717) is 18.0 Å². The van der Waals surface area contributed by atoms with Crippen LogP contribution in [0.15, 0.2) is 30.3 Å². The normalized spacial score (nSPS) is 23.6. The molecule has 1 aliphatic rings. The summed E-state index contributed by atoms with van der Waals surface area (Å²) in [4.78, 5) is 11.9. The molecule has 0 aromatic heterocycles. The van der Waals surface area contributed by atoms with Gasteiger partial charge in [0.15, 0.2) is 0 Å². The van der Waals surface area contributed by atoms with Crippen molar-refractivity contribution in [1.29, 1.82) is 5.26 Å². The lowest BCUT2D eigenvalue weighted by atomic mass is 9.82. The molecule has 2 N–H and O–H groups in total. The minimum absolute atomic E-state index is 0.215. The molecule has 1 atom stereocenters. The van der Waals surface area contributed by atoms with Crippen LogP contribution >= 0.6 is 0 Å². The molecule has 1 unspecified atom stereocenters. The lowest BCUT2D eigenvalue weighted by Gasteiger charge is -2.31. The molecule has 94 valence electrons. The van der Waals surface area contributed by atoms with Crippen LogP contribution in [-0.2, 0) is 4.79 Å². The molecule has 4 heteroatoms. The fourth-order valence-corrected chi connectivity index (χ4v) is 2.14. The van der Waals surface area contributed by atoms with Crippen molar-refractivity contribution in [3.8, 4) is 6.07 Å². The number of nitriles is 1. The van der Waals surface area contributed by atoms with Crippen molar-refractivity contribution in [2.45, 2.75) is 24.9 Å². The molecular formula is C14H16N2O2. The van der Waals surface area contributed by atoms with E-state index in [9.17, 15) is 4.79 Å². The average molecular weight is 244 g/mol. The largest absolute Gasteiger partial charge is 0.393 e. The first-order valence-electron chi connectivity index (χ1n) is 6.11. The Morgan fingerprint density at radius 1 is 1.44 bits per heavy atom. The predicted molar refractivity (Wildman–Crippen MR) is 66.5 cm³/mol. The molecule has 4 nitrogen and oxygen atoms in total. The van der Waals surface area contributed by atoms with Crippen molar-refractivity contribution in [2.75, 3.05) is 6.54 Å². The van der Waals surface area contributed by atoms with E-state index >= 15 is 0 Å². The number of amides is 1. The maximum Gasteiger partial charge on any atom is 0.241 e. The van der Waals surface area contributed by atoms with Crippen molar-refractivity contribution in [2.24, 2.45) is 5.92 Å². The molecule has 1 aliphatic carbocycles. The SMILES string of the molecule is N#CC(C(=O)NCC1CC(O)C1)c1ccccc1. The van der Waals surface area contributed by atoms with Gasteiger partial charge in [0.1, 0.15) is 5.92 Å². The summed E-state index contributed by atoms with van der Waals surface area (Å²) in [7, 11) is 0. The number of hydrogen-bond donors (Lipinski definition) is 2. The van der Waals surface area contributed by atoms with Crippen molar-refractivity contribution >= 4 is 5.91 Å². The number of hydrogen-bond acceptors (Lipinski definition) is 3. The van der Waals surface area contributed by atoms with Crippen molar-refractivity contribution in [1.82, 2.24) is 5.32 Å². The lowest BCUT2D eigenvalue weighted by Crippen LogP contribution is -2.39. The smallest absolute Gasteiger partial charge is 0.241 e. The van der Waals surface area contributed by atoms with Crippen LogP contribution in [0.3, 0.4) is 0 Å². The van der Waals surface area contributed by atoms with Gasteiger partial charge in [0.25, 0.3) is 0 Å². The predicted octanol–water partition coefficient (Wildman–Crippen LogP) is 1.18. The molecular weight excluding hydrogens is 228 g/mol. The molecule has 1 amide bonds. The zero-order chi connectivity index (χ0) is 13.0. The van der Waals surface area contributed by atoms with Crippen LogP contribution in [-0.4, -0.2) is 23.7 Å². The number of rotatable bonds is 4. The monoisotopic (exact) mass is 244 g/mol. The Hall–Kier alpha value is -1.86.